The molecule has 0 bridgehead atoms. The second-order valence-electron chi connectivity index (χ2n) is 4.41. The van der Waals surface area contributed by atoms with Gasteiger partial charge >= 0.3 is 0 Å². The maximum absolute atomic E-state index is 9.57. The Labute approximate surface area is 107 Å². The third kappa shape index (κ3) is 2.67. The minimum atomic E-state index is -0.117. The molecule has 0 spiro atoms. The molecule has 1 saturated heterocycles. The van der Waals surface area contributed by atoms with Crippen LogP contribution in [0.4, 0.5) is 0 Å². The Balaban J connectivity index is 2.28. The van der Waals surface area contributed by atoms with Gasteiger partial charge in [0, 0.05) is 25.7 Å². The fraction of sp³-hybridized carbons (Fsp3) is 0.462. The van der Waals surface area contributed by atoms with E-state index in [1.165, 1.54) is 12.5 Å². The van der Waals surface area contributed by atoms with Crippen LogP contribution in [-0.2, 0) is 0 Å². The predicted octanol–water partition coefficient (Wildman–Crippen LogP) is 1.46. The highest BCUT2D eigenvalue weighted by atomic mass is 16.3. The van der Waals surface area contributed by atoms with Crippen molar-refractivity contribution in [3.63, 3.8) is 0 Å². The number of amidine groups is 1. The number of likely N-dealkylation sites (tertiary alicyclic amines) is 1. The van der Waals surface area contributed by atoms with E-state index in [1.807, 2.05) is 0 Å². The highest BCUT2D eigenvalue weighted by Gasteiger charge is 2.17. The van der Waals surface area contributed by atoms with Gasteiger partial charge in [0.15, 0.2) is 17.3 Å². The molecule has 1 aliphatic rings. The van der Waals surface area contributed by atoms with Gasteiger partial charge < -0.3 is 20.5 Å². The fourth-order valence-corrected chi connectivity index (χ4v) is 2.19. The second kappa shape index (κ2) is 5.62. The summed E-state index contributed by atoms with van der Waals surface area (Å²) in [5.74, 6) is 0.585. The first-order valence-corrected chi connectivity index (χ1v) is 6.24. The minimum Gasteiger partial charge on any atom is -0.504 e. The number of phenols is 2. The standard InChI is InChI=1S/C13H19N3O2/c1-14-15-13(16-7-3-2-4-8-16)10-5-6-11(17)12(18)9-10/h5-6,9,14,17-18H,2-4,7-8H2,1H3/b15-13-. The van der Waals surface area contributed by atoms with Gasteiger partial charge in [0.2, 0.25) is 0 Å². The predicted molar refractivity (Wildman–Crippen MR) is 70.8 cm³/mol. The lowest BCUT2D eigenvalue weighted by Crippen LogP contribution is -2.37. The molecule has 0 saturated carbocycles. The monoisotopic (exact) mass is 249 g/mol. The molecule has 5 nitrogen and oxygen atoms in total. The minimum absolute atomic E-state index is 0.110. The van der Waals surface area contributed by atoms with Crippen molar-refractivity contribution in [3.05, 3.63) is 23.8 Å². The zero-order valence-electron chi connectivity index (χ0n) is 10.6. The quantitative estimate of drug-likeness (QED) is 0.321. The first kappa shape index (κ1) is 12.5. The zero-order valence-corrected chi connectivity index (χ0v) is 10.6. The van der Waals surface area contributed by atoms with Crippen molar-refractivity contribution in [1.29, 1.82) is 0 Å². The first-order valence-electron chi connectivity index (χ1n) is 6.24. The van der Waals surface area contributed by atoms with Gasteiger partial charge in [0.1, 0.15) is 0 Å². The van der Waals surface area contributed by atoms with Gasteiger partial charge in [0.25, 0.3) is 0 Å². The van der Waals surface area contributed by atoms with E-state index in [0.717, 1.165) is 37.3 Å². The van der Waals surface area contributed by atoms with E-state index in [9.17, 15) is 10.2 Å². The van der Waals surface area contributed by atoms with Crippen LogP contribution in [0.15, 0.2) is 23.3 Å². The van der Waals surface area contributed by atoms with Gasteiger partial charge in [-0.05, 0) is 37.5 Å². The van der Waals surface area contributed by atoms with Crippen molar-refractivity contribution in [1.82, 2.24) is 10.3 Å². The van der Waals surface area contributed by atoms with Crippen LogP contribution < -0.4 is 5.43 Å². The van der Waals surface area contributed by atoms with E-state index in [0.29, 0.717) is 0 Å². The van der Waals surface area contributed by atoms with Crippen molar-refractivity contribution in [2.24, 2.45) is 5.10 Å². The van der Waals surface area contributed by atoms with Gasteiger partial charge in [-0.3, -0.25) is 0 Å². The highest BCUT2D eigenvalue weighted by molar-refractivity contribution is 5.99. The molecule has 1 heterocycles. The third-order valence-electron chi connectivity index (χ3n) is 3.11. The zero-order chi connectivity index (χ0) is 13.0. The molecule has 98 valence electrons. The van der Waals surface area contributed by atoms with Crippen LogP contribution in [0, 0.1) is 0 Å². The van der Waals surface area contributed by atoms with E-state index < -0.39 is 0 Å². The van der Waals surface area contributed by atoms with E-state index in [2.05, 4.69) is 15.4 Å². The molecule has 0 aromatic heterocycles. The largest absolute Gasteiger partial charge is 0.504 e. The number of nitrogens with zero attached hydrogens (tertiary/aromatic N) is 2. The number of rotatable bonds is 2. The number of aromatic hydroxyl groups is 2. The second-order valence-corrected chi connectivity index (χ2v) is 4.41. The van der Waals surface area contributed by atoms with Crippen LogP contribution in [0.5, 0.6) is 11.5 Å². The molecule has 0 amide bonds. The van der Waals surface area contributed by atoms with Crippen LogP contribution >= 0.6 is 0 Å². The highest BCUT2D eigenvalue weighted by Crippen LogP contribution is 2.26. The lowest BCUT2D eigenvalue weighted by Gasteiger charge is -2.29. The first-order chi connectivity index (χ1) is 8.72. The van der Waals surface area contributed by atoms with E-state index in [-0.39, 0.29) is 11.5 Å². The topological polar surface area (TPSA) is 68.1 Å². The van der Waals surface area contributed by atoms with Crippen molar-refractivity contribution in [2.75, 3.05) is 20.1 Å². The Hall–Kier alpha value is -1.91. The Morgan fingerprint density at radius 2 is 1.89 bits per heavy atom. The Bertz CT molecular complexity index is 440. The SMILES string of the molecule is CN/N=C(/c1ccc(O)c(O)c1)N1CCCCC1. The lowest BCUT2D eigenvalue weighted by molar-refractivity contribution is 0.340. The molecular formula is C13H19N3O2. The molecule has 2 rings (SSSR count). The molecule has 1 aliphatic heterocycles. The molecular weight excluding hydrogens is 230 g/mol. The molecule has 5 heteroatoms. The molecule has 0 unspecified atom stereocenters. The van der Waals surface area contributed by atoms with Crippen molar-refractivity contribution >= 4 is 5.84 Å². The number of nitrogens with one attached hydrogen (secondary N) is 1. The Morgan fingerprint density at radius 3 is 2.50 bits per heavy atom. The van der Waals surface area contributed by atoms with Crippen LogP contribution in [0.3, 0.4) is 0 Å². The molecule has 3 N–H and O–H groups in total. The maximum Gasteiger partial charge on any atom is 0.158 e. The number of hydrogen-bond acceptors (Lipinski definition) is 4. The molecule has 0 aliphatic carbocycles. The summed E-state index contributed by atoms with van der Waals surface area (Å²) in [6.45, 7) is 1.95. The summed E-state index contributed by atoms with van der Waals surface area (Å²) in [5.41, 5.74) is 3.61. The number of phenolic OH excluding ortho intramolecular Hbond substituents is 2. The van der Waals surface area contributed by atoms with Crippen molar-refractivity contribution < 1.29 is 10.2 Å². The van der Waals surface area contributed by atoms with Crippen LogP contribution in [0.1, 0.15) is 24.8 Å². The summed E-state index contributed by atoms with van der Waals surface area (Å²) in [4.78, 5) is 2.20. The van der Waals surface area contributed by atoms with Crippen LogP contribution in [0.2, 0.25) is 0 Å². The number of piperidine rings is 1. The third-order valence-corrected chi connectivity index (χ3v) is 3.11. The van der Waals surface area contributed by atoms with Crippen LogP contribution in [-0.4, -0.2) is 41.1 Å². The molecule has 1 aromatic carbocycles. The fourth-order valence-electron chi connectivity index (χ4n) is 2.19. The molecule has 18 heavy (non-hydrogen) atoms. The molecule has 1 fully saturated rings. The summed E-state index contributed by atoms with van der Waals surface area (Å²) in [7, 11) is 1.75. The van der Waals surface area contributed by atoms with Gasteiger partial charge in [-0.2, -0.15) is 5.10 Å². The van der Waals surface area contributed by atoms with E-state index >= 15 is 0 Å². The average Bonchev–Trinajstić information content (AvgIpc) is 2.40. The number of hydrogen-bond donors (Lipinski definition) is 3. The van der Waals surface area contributed by atoms with Crippen molar-refractivity contribution in [3.8, 4) is 11.5 Å². The Morgan fingerprint density at radius 1 is 1.17 bits per heavy atom. The molecule has 0 radical (unpaired) electrons. The van der Waals surface area contributed by atoms with Gasteiger partial charge in [0.05, 0.1) is 0 Å². The van der Waals surface area contributed by atoms with Crippen LogP contribution in [0.25, 0.3) is 0 Å². The van der Waals surface area contributed by atoms with E-state index in [4.69, 9.17) is 0 Å². The molecule has 0 atom stereocenters. The average molecular weight is 249 g/mol. The summed E-state index contributed by atoms with van der Waals surface area (Å²) < 4.78 is 0. The summed E-state index contributed by atoms with van der Waals surface area (Å²) >= 11 is 0. The van der Waals surface area contributed by atoms with Gasteiger partial charge in [-0.1, -0.05) is 0 Å². The van der Waals surface area contributed by atoms with Gasteiger partial charge in [-0.25, -0.2) is 0 Å². The van der Waals surface area contributed by atoms with Crippen molar-refractivity contribution in [2.45, 2.75) is 19.3 Å². The number of benzene rings is 1. The normalized spacial score (nSPS) is 16.7. The lowest BCUT2D eigenvalue weighted by atomic mass is 10.1. The maximum atomic E-state index is 9.57. The number of hydrazone groups is 1. The van der Waals surface area contributed by atoms with Gasteiger partial charge in [-0.15, -0.1) is 0 Å². The summed E-state index contributed by atoms with van der Waals surface area (Å²) in [6.07, 6.45) is 3.57. The molecule has 1 aromatic rings. The smallest absolute Gasteiger partial charge is 0.158 e. The summed E-state index contributed by atoms with van der Waals surface area (Å²) in [6, 6.07) is 4.79. The summed E-state index contributed by atoms with van der Waals surface area (Å²) in [5, 5.41) is 23.2. The van der Waals surface area contributed by atoms with E-state index in [1.54, 1.807) is 19.2 Å². The Kier molecular flexibility index (Phi) is 3.92.